The molecule has 0 saturated carbocycles. The smallest absolute Gasteiger partial charge is 0.357 e. The highest BCUT2D eigenvalue weighted by Gasteiger charge is 2.25. The standard InChI is InChI=1S/C14H15N3O3/c1-3-17(10-7-5-4-6-8-10)13(18)11-9-16(2)15-12(11)14(19)20/h4-9H,3H2,1-2H3,(H,19,20). The van der Waals surface area contributed by atoms with Gasteiger partial charge in [0.05, 0.1) is 5.56 Å². The Morgan fingerprint density at radius 2 is 1.95 bits per heavy atom. The lowest BCUT2D eigenvalue weighted by molar-refractivity contribution is 0.0685. The van der Waals surface area contributed by atoms with Crippen molar-refractivity contribution >= 4 is 17.6 Å². The van der Waals surface area contributed by atoms with Crippen LogP contribution in [0.15, 0.2) is 36.5 Å². The molecule has 104 valence electrons. The third-order valence-corrected chi connectivity index (χ3v) is 2.89. The summed E-state index contributed by atoms with van der Waals surface area (Å²) >= 11 is 0. The van der Waals surface area contributed by atoms with E-state index >= 15 is 0 Å². The summed E-state index contributed by atoms with van der Waals surface area (Å²) in [6.45, 7) is 2.28. The van der Waals surface area contributed by atoms with Crippen LogP contribution in [-0.4, -0.2) is 33.3 Å². The second kappa shape index (κ2) is 5.56. The molecule has 0 unspecified atom stereocenters. The molecule has 1 heterocycles. The molecule has 1 amide bonds. The lowest BCUT2D eigenvalue weighted by Gasteiger charge is -2.20. The molecule has 1 aromatic carbocycles. The van der Waals surface area contributed by atoms with Gasteiger partial charge in [0.2, 0.25) is 0 Å². The Bertz CT molecular complexity index is 634. The van der Waals surface area contributed by atoms with E-state index in [1.165, 1.54) is 15.8 Å². The van der Waals surface area contributed by atoms with E-state index in [9.17, 15) is 9.59 Å². The topological polar surface area (TPSA) is 75.4 Å². The van der Waals surface area contributed by atoms with Crippen LogP contribution < -0.4 is 4.90 Å². The molecule has 6 heteroatoms. The largest absolute Gasteiger partial charge is 0.476 e. The van der Waals surface area contributed by atoms with Gasteiger partial charge in [0.15, 0.2) is 5.69 Å². The number of benzene rings is 1. The fourth-order valence-corrected chi connectivity index (χ4v) is 2.00. The predicted molar refractivity (Wildman–Crippen MR) is 74.0 cm³/mol. The van der Waals surface area contributed by atoms with Crippen LogP contribution in [0.25, 0.3) is 0 Å². The molecule has 20 heavy (non-hydrogen) atoms. The van der Waals surface area contributed by atoms with E-state index in [1.54, 1.807) is 19.2 Å². The van der Waals surface area contributed by atoms with Gasteiger partial charge in [-0.15, -0.1) is 0 Å². The summed E-state index contributed by atoms with van der Waals surface area (Å²) in [5.41, 5.74) is 0.581. The van der Waals surface area contributed by atoms with Crippen molar-refractivity contribution in [2.45, 2.75) is 6.92 Å². The predicted octanol–water partition coefficient (Wildman–Crippen LogP) is 1.79. The number of hydrogen-bond donors (Lipinski definition) is 1. The number of carbonyl (C=O) groups excluding carboxylic acids is 1. The number of rotatable bonds is 4. The van der Waals surface area contributed by atoms with E-state index in [2.05, 4.69) is 5.10 Å². The van der Waals surface area contributed by atoms with E-state index in [-0.39, 0.29) is 17.2 Å². The van der Waals surface area contributed by atoms with E-state index in [1.807, 2.05) is 25.1 Å². The van der Waals surface area contributed by atoms with Crippen molar-refractivity contribution in [3.8, 4) is 0 Å². The molecular formula is C14H15N3O3. The molecule has 0 fully saturated rings. The Morgan fingerprint density at radius 1 is 1.30 bits per heavy atom. The highest BCUT2D eigenvalue weighted by Crippen LogP contribution is 2.18. The van der Waals surface area contributed by atoms with Gasteiger partial charge in [-0.2, -0.15) is 5.10 Å². The van der Waals surface area contributed by atoms with Gasteiger partial charge in [-0.25, -0.2) is 4.79 Å². The fraction of sp³-hybridized carbons (Fsp3) is 0.214. The minimum Gasteiger partial charge on any atom is -0.476 e. The first-order valence-electron chi connectivity index (χ1n) is 6.18. The van der Waals surface area contributed by atoms with Crippen molar-refractivity contribution in [3.63, 3.8) is 0 Å². The number of carboxylic acid groups (broad SMARTS) is 1. The SMILES string of the molecule is CCN(C(=O)c1cn(C)nc1C(=O)O)c1ccccc1. The maximum absolute atomic E-state index is 12.5. The summed E-state index contributed by atoms with van der Waals surface area (Å²) in [5, 5.41) is 12.9. The van der Waals surface area contributed by atoms with E-state index in [0.717, 1.165) is 5.69 Å². The van der Waals surface area contributed by atoms with Crippen LogP contribution in [0.2, 0.25) is 0 Å². The Labute approximate surface area is 116 Å². The third-order valence-electron chi connectivity index (χ3n) is 2.89. The average Bonchev–Trinajstić information content (AvgIpc) is 2.83. The summed E-state index contributed by atoms with van der Waals surface area (Å²) in [6.07, 6.45) is 1.43. The van der Waals surface area contributed by atoms with Gasteiger partial charge < -0.3 is 10.0 Å². The molecule has 0 aliphatic carbocycles. The minimum absolute atomic E-state index is 0.0886. The maximum Gasteiger partial charge on any atom is 0.357 e. The lowest BCUT2D eigenvalue weighted by atomic mass is 10.2. The van der Waals surface area contributed by atoms with Gasteiger partial charge in [-0.3, -0.25) is 9.48 Å². The number of aromatic nitrogens is 2. The summed E-state index contributed by atoms with van der Waals surface area (Å²) < 4.78 is 1.33. The second-order valence-corrected chi connectivity index (χ2v) is 4.26. The third kappa shape index (κ3) is 2.54. The Hall–Kier alpha value is -2.63. The molecular weight excluding hydrogens is 258 g/mol. The molecule has 0 spiro atoms. The van der Waals surface area contributed by atoms with E-state index < -0.39 is 5.97 Å². The van der Waals surface area contributed by atoms with Gasteiger partial charge >= 0.3 is 5.97 Å². The molecule has 0 aliphatic rings. The highest BCUT2D eigenvalue weighted by atomic mass is 16.4. The Balaban J connectivity index is 2.42. The monoisotopic (exact) mass is 273 g/mol. The summed E-state index contributed by atoms with van der Waals surface area (Å²) in [6, 6.07) is 9.12. The number of aryl methyl sites for hydroxylation is 1. The van der Waals surface area contributed by atoms with E-state index in [4.69, 9.17) is 5.11 Å². The zero-order chi connectivity index (χ0) is 14.7. The van der Waals surface area contributed by atoms with Crippen molar-refractivity contribution in [1.82, 2.24) is 9.78 Å². The van der Waals surface area contributed by atoms with Crippen LogP contribution >= 0.6 is 0 Å². The number of nitrogens with zero attached hydrogens (tertiary/aromatic N) is 3. The Kier molecular flexibility index (Phi) is 3.84. The first-order valence-corrected chi connectivity index (χ1v) is 6.18. The lowest BCUT2D eigenvalue weighted by Crippen LogP contribution is -2.31. The molecule has 0 radical (unpaired) electrons. The molecule has 0 atom stereocenters. The number of carboxylic acids is 1. The highest BCUT2D eigenvalue weighted by molar-refractivity contribution is 6.11. The first kappa shape index (κ1) is 13.8. The number of aromatic carboxylic acids is 1. The number of hydrogen-bond acceptors (Lipinski definition) is 3. The second-order valence-electron chi connectivity index (χ2n) is 4.26. The molecule has 6 nitrogen and oxygen atoms in total. The zero-order valence-corrected chi connectivity index (χ0v) is 11.3. The van der Waals surface area contributed by atoms with Crippen molar-refractivity contribution in [2.75, 3.05) is 11.4 Å². The van der Waals surface area contributed by atoms with Gasteiger partial charge in [0.25, 0.3) is 5.91 Å². The van der Waals surface area contributed by atoms with Gasteiger partial charge in [0, 0.05) is 25.5 Å². The summed E-state index contributed by atoms with van der Waals surface area (Å²) in [4.78, 5) is 25.2. The molecule has 0 bridgehead atoms. The van der Waals surface area contributed by atoms with Gasteiger partial charge in [-0.05, 0) is 19.1 Å². The molecule has 2 aromatic rings. The maximum atomic E-state index is 12.5. The molecule has 1 N–H and O–H groups in total. The van der Waals surface area contributed by atoms with Crippen LogP contribution in [0.4, 0.5) is 5.69 Å². The van der Waals surface area contributed by atoms with Crippen LogP contribution in [0.5, 0.6) is 0 Å². The molecule has 2 rings (SSSR count). The summed E-state index contributed by atoms with van der Waals surface area (Å²) in [7, 11) is 1.59. The molecule has 1 aromatic heterocycles. The van der Waals surface area contributed by atoms with Crippen molar-refractivity contribution < 1.29 is 14.7 Å². The van der Waals surface area contributed by atoms with Crippen LogP contribution in [-0.2, 0) is 7.05 Å². The quantitative estimate of drug-likeness (QED) is 0.921. The molecule has 0 aliphatic heterocycles. The van der Waals surface area contributed by atoms with Crippen molar-refractivity contribution in [3.05, 3.63) is 47.8 Å². The van der Waals surface area contributed by atoms with Gasteiger partial charge in [0.1, 0.15) is 0 Å². The molecule has 0 saturated heterocycles. The number of amides is 1. The van der Waals surface area contributed by atoms with Gasteiger partial charge in [-0.1, -0.05) is 18.2 Å². The first-order chi connectivity index (χ1) is 9.54. The van der Waals surface area contributed by atoms with Crippen LogP contribution in [0.1, 0.15) is 27.8 Å². The van der Waals surface area contributed by atoms with Crippen molar-refractivity contribution in [2.24, 2.45) is 7.05 Å². The van der Waals surface area contributed by atoms with E-state index in [0.29, 0.717) is 6.54 Å². The number of anilines is 1. The van der Waals surface area contributed by atoms with Crippen molar-refractivity contribution in [1.29, 1.82) is 0 Å². The Morgan fingerprint density at radius 3 is 2.50 bits per heavy atom. The minimum atomic E-state index is -1.21. The number of para-hydroxylation sites is 1. The fourth-order valence-electron chi connectivity index (χ4n) is 2.00. The normalized spacial score (nSPS) is 10.3. The van der Waals surface area contributed by atoms with Crippen LogP contribution in [0.3, 0.4) is 0 Å². The average molecular weight is 273 g/mol. The summed E-state index contributed by atoms with van der Waals surface area (Å²) in [5.74, 6) is -1.58. The number of carbonyl (C=O) groups is 2. The zero-order valence-electron chi connectivity index (χ0n) is 11.3. The van der Waals surface area contributed by atoms with Crippen LogP contribution in [0, 0.1) is 0 Å².